The van der Waals surface area contributed by atoms with Crippen LogP contribution in [0.5, 0.6) is 0 Å². The number of halogens is 2. The Labute approximate surface area is 162 Å². The first kappa shape index (κ1) is 17.6. The third kappa shape index (κ3) is 2.86. The fraction of sp³-hybridized carbons (Fsp3) is 0.278. The van der Waals surface area contributed by atoms with Crippen molar-refractivity contribution in [3.05, 3.63) is 58.1 Å². The predicted octanol–water partition coefficient (Wildman–Crippen LogP) is 3.91. The normalized spacial score (nSPS) is 24.2. The van der Waals surface area contributed by atoms with Crippen molar-refractivity contribution in [1.82, 2.24) is 0 Å². The molecule has 2 aromatic carbocycles. The zero-order valence-electron chi connectivity index (χ0n) is 13.9. The van der Waals surface area contributed by atoms with E-state index in [0.717, 1.165) is 5.56 Å². The van der Waals surface area contributed by atoms with Crippen LogP contribution < -0.4 is 9.80 Å². The molecule has 0 unspecified atom stereocenters. The lowest BCUT2D eigenvalue weighted by Gasteiger charge is -2.23. The van der Waals surface area contributed by atoms with Crippen LogP contribution in [0.3, 0.4) is 0 Å². The van der Waals surface area contributed by atoms with Gasteiger partial charge in [0.1, 0.15) is 0 Å². The summed E-state index contributed by atoms with van der Waals surface area (Å²) in [4.78, 5) is 16.3. The number of urea groups is 1. The Morgan fingerprint density at radius 2 is 1.46 bits per heavy atom. The molecule has 8 heteroatoms. The summed E-state index contributed by atoms with van der Waals surface area (Å²) in [6.07, 6.45) is 0. The third-order valence-electron chi connectivity index (χ3n) is 4.91. The molecule has 2 aromatic rings. The lowest BCUT2D eigenvalue weighted by Crippen LogP contribution is -2.37. The lowest BCUT2D eigenvalue weighted by atomic mass is 10.1. The molecule has 2 saturated heterocycles. The number of rotatable bonds is 2. The van der Waals surface area contributed by atoms with Crippen LogP contribution in [0.15, 0.2) is 42.5 Å². The van der Waals surface area contributed by atoms with Gasteiger partial charge in [0.15, 0.2) is 9.84 Å². The molecule has 136 valence electrons. The Kier molecular flexibility index (Phi) is 4.17. The fourth-order valence-electron chi connectivity index (χ4n) is 3.64. The van der Waals surface area contributed by atoms with Gasteiger partial charge in [0.2, 0.25) is 0 Å². The summed E-state index contributed by atoms with van der Waals surface area (Å²) < 4.78 is 24.5. The van der Waals surface area contributed by atoms with Crippen LogP contribution in [-0.2, 0) is 9.84 Å². The second-order valence-electron chi connectivity index (χ2n) is 6.64. The van der Waals surface area contributed by atoms with Gasteiger partial charge >= 0.3 is 6.03 Å². The molecule has 0 aliphatic carbocycles. The first-order chi connectivity index (χ1) is 12.3. The number of sulfone groups is 1. The average Bonchev–Trinajstić information content (AvgIpc) is 3.00. The number of amides is 2. The first-order valence-corrected chi connectivity index (χ1v) is 10.7. The van der Waals surface area contributed by atoms with Crippen LogP contribution in [-0.4, -0.2) is 38.0 Å². The fourth-order valence-corrected chi connectivity index (χ4v) is 5.86. The van der Waals surface area contributed by atoms with E-state index < -0.39 is 21.9 Å². The van der Waals surface area contributed by atoms with E-state index in [-0.39, 0.29) is 17.5 Å². The van der Waals surface area contributed by atoms with Crippen molar-refractivity contribution in [2.45, 2.75) is 19.0 Å². The summed E-state index contributed by atoms with van der Waals surface area (Å²) >= 11 is 12.2. The van der Waals surface area contributed by atoms with Crippen molar-refractivity contribution in [2.24, 2.45) is 0 Å². The number of nitrogens with zero attached hydrogens (tertiary/aromatic N) is 2. The highest BCUT2D eigenvalue weighted by molar-refractivity contribution is 7.91. The number of hydrogen-bond acceptors (Lipinski definition) is 3. The zero-order valence-corrected chi connectivity index (χ0v) is 16.2. The van der Waals surface area contributed by atoms with E-state index in [0.29, 0.717) is 21.4 Å². The van der Waals surface area contributed by atoms with Crippen molar-refractivity contribution in [3.63, 3.8) is 0 Å². The number of fused-ring (bicyclic) bond motifs is 1. The van der Waals surface area contributed by atoms with Gasteiger partial charge in [-0.2, -0.15) is 0 Å². The van der Waals surface area contributed by atoms with Gasteiger partial charge in [0, 0.05) is 21.4 Å². The van der Waals surface area contributed by atoms with Crippen LogP contribution in [0.4, 0.5) is 16.2 Å². The molecule has 4 rings (SSSR count). The molecular formula is C18H16Cl2N2O3S. The van der Waals surface area contributed by atoms with E-state index in [2.05, 4.69) is 0 Å². The predicted molar refractivity (Wildman–Crippen MR) is 104 cm³/mol. The van der Waals surface area contributed by atoms with Gasteiger partial charge in [0.25, 0.3) is 0 Å². The molecule has 2 atom stereocenters. The maximum Gasteiger partial charge on any atom is 0.329 e. The number of aryl methyl sites for hydroxylation is 1. The van der Waals surface area contributed by atoms with Crippen LogP contribution >= 0.6 is 23.2 Å². The van der Waals surface area contributed by atoms with Gasteiger partial charge in [-0.15, -0.1) is 0 Å². The largest absolute Gasteiger partial charge is 0.329 e. The van der Waals surface area contributed by atoms with Gasteiger partial charge in [0.05, 0.1) is 23.6 Å². The Morgan fingerprint density at radius 1 is 0.923 bits per heavy atom. The van der Waals surface area contributed by atoms with E-state index in [1.165, 1.54) is 0 Å². The standard InChI is InChI=1S/C18H16Cl2N2O3S/c1-11-2-5-14(8-15(11)20)22-17-10-26(24,25)9-16(17)21(18(22)23)13-6-3-12(19)4-7-13/h2-8,16-17H,9-10H2,1H3/t16-,17-/m1/s1. The van der Waals surface area contributed by atoms with Crippen LogP contribution in [0.25, 0.3) is 0 Å². The molecule has 0 N–H and O–H groups in total. The molecule has 2 heterocycles. The summed E-state index contributed by atoms with van der Waals surface area (Å²) in [5.41, 5.74) is 2.13. The topological polar surface area (TPSA) is 57.7 Å². The van der Waals surface area contributed by atoms with Crippen molar-refractivity contribution in [2.75, 3.05) is 21.3 Å². The van der Waals surface area contributed by atoms with Crippen molar-refractivity contribution < 1.29 is 13.2 Å². The van der Waals surface area contributed by atoms with Gasteiger partial charge in [-0.05, 0) is 48.9 Å². The SMILES string of the molecule is Cc1ccc(N2C(=O)N(c3ccc(Cl)cc3)[C@@H]3CS(=O)(=O)C[C@H]32)cc1Cl. The highest BCUT2D eigenvalue weighted by Gasteiger charge is 2.54. The summed E-state index contributed by atoms with van der Waals surface area (Å²) in [5.74, 6) is -0.110. The number of benzene rings is 2. The van der Waals surface area contributed by atoms with Gasteiger partial charge in [-0.25, -0.2) is 13.2 Å². The Morgan fingerprint density at radius 3 is 2.04 bits per heavy atom. The molecule has 0 spiro atoms. The summed E-state index contributed by atoms with van der Waals surface area (Å²) in [6, 6.07) is 11.0. The summed E-state index contributed by atoms with van der Waals surface area (Å²) in [5, 5.41) is 1.09. The number of hydrogen-bond donors (Lipinski definition) is 0. The monoisotopic (exact) mass is 410 g/mol. The highest BCUT2D eigenvalue weighted by Crippen LogP contribution is 2.39. The molecule has 0 saturated carbocycles. The molecule has 2 amide bonds. The third-order valence-corrected chi connectivity index (χ3v) is 7.27. The number of carbonyl (C=O) groups is 1. The van der Waals surface area contributed by atoms with Gasteiger partial charge in [-0.1, -0.05) is 29.3 Å². The van der Waals surface area contributed by atoms with Crippen LogP contribution in [0.1, 0.15) is 5.56 Å². The molecule has 0 aromatic heterocycles. The maximum absolute atomic E-state index is 13.2. The molecule has 0 radical (unpaired) electrons. The van der Waals surface area contributed by atoms with E-state index >= 15 is 0 Å². The quantitative estimate of drug-likeness (QED) is 0.704. The minimum absolute atomic E-state index is 0.0534. The summed E-state index contributed by atoms with van der Waals surface area (Å²) in [7, 11) is -3.23. The highest BCUT2D eigenvalue weighted by atomic mass is 35.5. The first-order valence-electron chi connectivity index (χ1n) is 8.11. The molecule has 0 bridgehead atoms. The molecule has 2 fully saturated rings. The van der Waals surface area contributed by atoms with Crippen molar-refractivity contribution in [1.29, 1.82) is 0 Å². The minimum Gasteiger partial charge on any atom is -0.288 e. The van der Waals surface area contributed by atoms with Gasteiger partial charge in [-0.3, -0.25) is 9.80 Å². The van der Waals surface area contributed by atoms with Crippen LogP contribution in [0, 0.1) is 6.92 Å². The van der Waals surface area contributed by atoms with Crippen molar-refractivity contribution >= 4 is 50.4 Å². The Bertz CT molecular complexity index is 992. The lowest BCUT2D eigenvalue weighted by molar-refractivity contribution is 0.255. The van der Waals surface area contributed by atoms with E-state index in [1.807, 2.05) is 13.0 Å². The van der Waals surface area contributed by atoms with E-state index in [1.54, 1.807) is 46.2 Å². The minimum atomic E-state index is -3.23. The number of carbonyl (C=O) groups excluding carboxylic acids is 1. The second kappa shape index (κ2) is 6.15. The van der Waals surface area contributed by atoms with Crippen molar-refractivity contribution in [3.8, 4) is 0 Å². The second-order valence-corrected chi connectivity index (χ2v) is 9.64. The molecule has 5 nitrogen and oxygen atoms in total. The Balaban J connectivity index is 1.81. The molecular weight excluding hydrogens is 395 g/mol. The van der Waals surface area contributed by atoms with E-state index in [9.17, 15) is 13.2 Å². The molecule has 2 aliphatic heterocycles. The molecule has 2 aliphatic rings. The number of anilines is 2. The maximum atomic E-state index is 13.2. The smallest absolute Gasteiger partial charge is 0.288 e. The molecule has 26 heavy (non-hydrogen) atoms. The summed E-state index contributed by atoms with van der Waals surface area (Å²) in [6.45, 7) is 1.88. The zero-order chi connectivity index (χ0) is 18.6. The van der Waals surface area contributed by atoms with Crippen LogP contribution in [0.2, 0.25) is 10.0 Å². The average molecular weight is 411 g/mol. The van der Waals surface area contributed by atoms with Gasteiger partial charge < -0.3 is 0 Å². The van der Waals surface area contributed by atoms with E-state index in [4.69, 9.17) is 23.2 Å². The Hall–Kier alpha value is -1.76.